The van der Waals surface area contributed by atoms with Gasteiger partial charge in [0.2, 0.25) is 10.0 Å². The summed E-state index contributed by atoms with van der Waals surface area (Å²) in [4.78, 5) is 11.1. The predicted molar refractivity (Wildman–Crippen MR) is 79.8 cm³/mol. The van der Waals surface area contributed by atoms with Crippen LogP contribution in [0.1, 0.15) is 32.6 Å². The van der Waals surface area contributed by atoms with Gasteiger partial charge in [0.25, 0.3) is 0 Å². The Balaban J connectivity index is 2.11. The molecule has 0 unspecified atom stereocenters. The third-order valence-electron chi connectivity index (χ3n) is 3.71. The molecule has 0 bridgehead atoms. The number of aliphatic carboxylic acids is 1. The Morgan fingerprint density at radius 1 is 1.29 bits per heavy atom. The summed E-state index contributed by atoms with van der Waals surface area (Å²) in [7, 11) is -3.45. The molecule has 0 heterocycles. The quantitative estimate of drug-likeness (QED) is 0.713. The van der Waals surface area contributed by atoms with E-state index in [2.05, 4.69) is 10.0 Å². The highest BCUT2D eigenvalue weighted by atomic mass is 32.2. The Hall–Kier alpha value is -1.60. The maximum atomic E-state index is 11.8. The van der Waals surface area contributed by atoms with Crippen molar-refractivity contribution >= 4 is 21.7 Å². The highest BCUT2D eigenvalue weighted by molar-refractivity contribution is 7.89. The third kappa shape index (κ3) is 3.74. The molecule has 21 heavy (non-hydrogen) atoms. The van der Waals surface area contributed by atoms with Crippen LogP contribution in [-0.4, -0.2) is 31.6 Å². The van der Waals surface area contributed by atoms with Crippen LogP contribution in [-0.2, 0) is 14.8 Å². The lowest BCUT2D eigenvalue weighted by atomic mass is 9.74. The number of carbonyl (C=O) groups is 1. The standard InChI is InChI=1S/C14H20N2O4S/c1-2-15-21(19,20)12-6-4-11(5-7-12)16-14(8-3-9-14)10-13(17)18/h4-7,15-16H,2-3,8-10H2,1H3,(H,17,18). The molecular weight excluding hydrogens is 292 g/mol. The lowest BCUT2D eigenvalue weighted by Gasteiger charge is -2.42. The number of benzene rings is 1. The minimum absolute atomic E-state index is 0.0738. The van der Waals surface area contributed by atoms with E-state index in [0.29, 0.717) is 6.54 Å². The minimum atomic E-state index is -3.45. The van der Waals surface area contributed by atoms with Crippen molar-refractivity contribution in [3.8, 4) is 0 Å². The Morgan fingerprint density at radius 2 is 1.90 bits per heavy atom. The number of anilines is 1. The Labute approximate surface area is 124 Å². The summed E-state index contributed by atoms with van der Waals surface area (Å²) in [5, 5.41) is 12.2. The lowest BCUT2D eigenvalue weighted by Crippen LogP contribution is -2.46. The summed E-state index contributed by atoms with van der Waals surface area (Å²) in [5.74, 6) is -0.825. The van der Waals surface area contributed by atoms with Crippen LogP contribution in [0.4, 0.5) is 5.69 Å². The molecule has 0 saturated heterocycles. The molecule has 1 fully saturated rings. The van der Waals surface area contributed by atoms with Crippen LogP contribution in [0.5, 0.6) is 0 Å². The molecule has 0 amide bonds. The van der Waals surface area contributed by atoms with E-state index in [9.17, 15) is 13.2 Å². The first-order valence-electron chi connectivity index (χ1n) is 6.97. The molecule has 0 radical (unpaired) electrons. The maximum absolute atomic E-state index is 11.8. The van der Waals surface area contributed by atoms with Gasteiger partial charge in [-0.1, -0.05) is 6.92 Å². The third-order valence-corrected chi connectivity index (χ3v) is 5.27. The first-order valence-corrected chi connectivity index (χ1v) is 8.45. The SMILES string of the molecule is CCNS(=O)(=O)c1ccc(NC2(CC(=O)O)CCC2)cc1. The van der Waals surface area contributed by atoms with Crippen molar-refractivity contribution in [2.24, 2.45) is 0 Å². The highest BCUT2D eigenvalue weighted by Crippen LogP contribution is 2.38. The average Bonchev–Trinajstić information content (AvgIpc) is 2.36. The fraction of sp³-hybridized carbons (Fsp3) is 0.500. The fourth-order valence-electron chi connectivity index (χ4n) is 2.54. The summed E-state index contributed by atoms with van der Waals surface area (Å²) in [5.41, 5.74) is 0.347. The normalized spacial score (nSPS) is 17.0. The van der Waals surface area contributed by atoms with Gasteiger partial charge in [0.15, 0.2) is 0 Å². The molecule has 1 aromatic rings. The van der Waals surface area contributed by atoms with E-state index in [1.807, 2.05) is 0 Å². The predicted octanol–water partition coefficient (Wildman–Crippen LogP) is 1.79. The van der Waals surface area contributed by atoms with Crippen molar-refractivity contribution < 1.29 is 18.3 Å². The van der Waals surface area contributed by atoms with Crippen LogP contribution in [0.15, 0.2) is 29.2 Å². The van der Waals surface area contributed by atoms with Crippen LogP contribution >= 0.6 is 0 Å². The van der Waals surface area contributed by atoms with Gasteiger partial charge in [-0.25, -0.2) is 13.1 Å². The molecule has 7 heteroatoms. The van der Waals surface area contributed by atoms with E-state index < -0.39 is 21.5 Å². The van der Waals surface area contributed by atoms with Gasteiger partial charge in [0.05, 0.1) is 11.3 Å². The molecule has 0 atom stereocenters. The molecule has 1 aliphatic rings. The zero-order valence-corrected chi connectivity index (χ0v) is 12.7. The summed E-state index contributed by atoms with van der Waals surface area (Å²) in [6.45, 7) is 2.06. The fourth-order valence-corrected chi connectivity index (χ4v) is 3.58. The van der Waals surface area contributed by atoms with E-state index in [1.54, 1.807) is 19.1 Å². The molecule has 0 aromatic heterocycles. The Bertz CT molecular complexity index is 606. The number of hydrogen-bond donors (Lipinski definition) is 3. The number of carboxylic acids is 1. The van der Waals surface area contributed by atoms with Gasteiger partial charge >= 0.3 is 5.97 Å². The van der Waals surface area contributed by atoms with Crippen molar-refractivity contribution in [1.82, 2.24) is 4.72 Å². The summed E-state index contributed by atoms with van der Waals surface area (Å²) in [6.07, 6.45) is 2.71. The molecule has 1 aromatic carbocycles. The Kier molecular flexibility index (Phi) is 4.53. The lowest BCUT2D eigenvalue weighted by molar-refractivity contribution is -0.138. The average molecular weight is 312 g/mol. The topological polar surface area (TPSA) is 95.5 Å². The summed E-state index contributed by atoms with van der Waals surface area (Å²) >= 11 is 0. The maximum Gasteiger partial charge on any atom is 0.305 e. The van der Waals surface area contributed by atoms with E-state index in [0.717, 1.165) is 24.9 Å². The molecular formula is C14H20N2O4S. The first kappa shape index (κ1) is 15.8. The van der Waals surface area contributed by atoms with Gasteiger partial charge in [-0.05, 0) is 43.5 Å². The Morgan fingerprint density at radius 3 is 2.33 bits per heavy atom. The minimum Gasteiger partial charge on any atom is -0.481 e. The van der Waals surface area contributed by atoms with Gasteiger partial charge in [-0.2, -0.15) is 0 Å². The molecule has 3 N–H and O–H groups in total. The molecule has 2 rings (SSSR count). The molecule has 1 aliphatic carbocycles. The zero-order valence-electron chi connectivity index (χ0n) is 11.9. The van der Waals surface area contributed by atoms with Crippen LogP contribution in [0.3, 0.4) is 0 Å². The van der Waals surface area contributed by atoms with E-state index in [4.69, 9.17) is 5.11 Å². The van der Waals surface area contributed by atoms with E-state index >= 15 is 0 Å². The van der Waals surface area contributed by atoms with Gasteiger partial charge in [-0.3, -0.25) is 4.79 Å². The summed E-state index contributed by atoms with van der Waals surface area (Å²) < 4.78 is 26.1. The summed E-state index contributed by atoms with van der Waals surface area (Å²) in [6, 6.07) is 6.39. The van der Waals surface area contributed by atoms with Crippen LogP contribution < -0.4 is 10.0 Å². The van der Waals surface area contributed by atoms with Crippen molar-refractivity contribution in [1.29, 1.82) is 0 Å². The molecule has 0 spiro atoms. The van der Waals surface area contributed by atoms with Gasteiger partial charge in [-0.15, -0.1) is 0 Å². The second-order valence-corrected chi connectivity index (χ2v) is 7.12. The first-order chi connectivity index (χ1) is 9.87. The van der Waals surface area contributed by atoms with Crippen molar-refractivity contribution in [3.05, 3.63) is 24.3 Å². The van der Waals surface area contributed by atoms with Crippen LogP contribution in [0, 0.1) is 0 Å². The largest absolute Gasteiger partial charge is 0.481 e. The molecule has 6 nitrogen and oxygen atoms in total. The smallest absolute Gasteiger partial charge is 0.305 e. The number of nitrogens with one attached hydrogen (secondary N) is 2. The number of hydrogen-bond acceptors (Lipinski definition) is 4. The zero-order chi connectivity index (χ0) is 15.5. The second-order valence-electron chi connectivity index (χ2n) is 5.36. The number of sulfonamides is 1. The van der Waals surface area contributed by atoms with E-state index in [-0.39, 0.29) is 11.3 Å². The number of carboxylic acid groups (broad SMARTS) is 1. The molecule has 116 valence electrons. The van der Waals surface area contributed by atoms with Crippen molar-refractivity contribution in [3.63, 3.8) is 0 Å². The van der Waals surface area contributed by atoms with Crippen molar-refractivity contribution in [2.75, 3.05) is 11.9 Å². The van der Waals surface area contributed by atoms with Gasteiger partial charge in [0.1, 0.15) is 0 Å². The second kappa shape index (κ2) is 6.03. The van der Waals surface area contributed by atoms with Crippen LogP contribution in [0.2, 0.25) is 0 Å². The molecule has 0 aliphatic heterocycles. The number of rotatable bonds is 7. The molecule has 1 saturated carbocycles. The van der Waals surface area contributed by atoms with Crippen LogP contribution in [0.25, 0.3) is 0 Å². The van der Waals surface area contributed by atoms with E-state index in [1.165, 1.54) is 12.1 Å². The monoisotopic (exact) mass is 312 g/mol. The van der Waals surface area contributed by atoms with Crippen molar-refractivity contribution in [2.45, 2.75) is 43.0 Å². The van der Waals surface area contributed by atoms with Gasteiger partial charge in [0, 0.05) is 17.8 Å². The highest BCUT2D eigenvalue weighted by Gasteiger charge is 2.38. The van der Waals surface area contributed by atoms with Gasteiger partial charge < -0.3 is 10.4 Å².